The first-order valence-electron chi connectivity index (χ1n) is 5.70. The van der Waals surface area contributed by atoms with Gasteiger partial charge in [-0.2, -0.15) is 0 Å². The molecule has 1 amide bonds. The Labute approximate surface area is 117 Å². The van der Waals surface area contributed by atoms with Crippen LogP contribution in [0.4, 0.5) is 0 Å². The molecule has 0 fully saturated rings. The standard InChI is InChI=1S/C13H17Cl2NO2/c1-9-3-4-10(15)7-12(9)13(17)16-11(8-14)5-6-18-2/h3-4,7,11H,5-6,8H2,1-2H3,(H,16,17). The highest BCUT2D eigenvalue weighted by Crippen LogP contribution is 2.15. The van der Waals surface area contributed by atoms with E-state index in [1.165, 1.54) is 0 Å². The average molecular weight is 290 g/mol. The van der Waals surface area contributed by atoms with Gasteiger partial charge in [-0.25, -0.2) is 0 Å². The number of alkyl halides is 1. The molecule has 0 saturated heterocycles. The zero-order chi connectivity index (χ0) is 13.5. The van der Waals surface area contributed by atoms with Crippen LogP contribution in [0.5, 0.6) is 0 Å². The summed E-state index contributed by atoms with van der Waals surface area (Å²) in [6.07, 6.45) is 0.686. The molecule has 0 aromatic heterocycles. The molecule has 1 rings (SSSR count). The van der Waals surface area contributed by atoms with E-state index in [0.717, 1.165) is 5.56 Å². The maximum Gasteiger partial charge on any atom is 0.251 e. The zero-order valence-electron chi connectivity index (χ0n) is 10.5. The molecule has 18 heavy (non-hydrogen) atoms. The molecule has 1 aromatic carbocycles. The fraction of sp³-hybridized carbons (Fsp3) is 0.462. The van der Waals surface area contributed by atoms with E-state index >= 15 is 0 Å². The molecule has 0 radical (unpaired) electrons. The molecular weight excluding hydrogens is 273 g/mol. The molecule has 1 aromatic rings. The third-order valence-corrected chi connectivity index (χ3v) is 3.24. The summed E-state index contributed by atoms with van der Waals surface area (Å²) in [6.45, 7) is 2.43. The predicted molar refractivity (Wildman–Crippen MR) is 74.7 cm³/mol. The van der Waals surface area contributed by atoms with Crippen LogP contribution in [0.1, 0.15) is 22.3 Å². The van der Waals surface area contributed by atoms with Crippen LogP contribution in [0.25, 0.3) is 0 Å². The Balaban J connectivity index is 2.71. The lowest BCUT2D eigenvalue weighted by atomic mass is 10.1. The minimum Gasteiger partial charge on any atom is -0.385 e. The topological polar surface area (TPSA) is 38.3 Å². The summed E-state index contributed by atoms with van der Waals surface area (Å²) >= 11 is 11.7. The number of amides is 1. The van der Waals surface area contributed by atoms with Gasteiger partial charge >= 0.3 is 0 Å². The maximum absolute atomic E-state index is 12.1. The van der Waals surface area contributed by atoms with Crippen molar-refractivity contribution in [2.75, 3.05) is 19.6 Å². The second kappa shape index (κ2) is 7.62. The molecule has 3 nitrogen and oxygen atoms in total. The predicted octanol–water partition coefficient (Wildman–Crippen LogP) is 3.02. The Hall–Kier alpha value is -0.770. The van der Waals surface area contributed by atoms with E-state index in [-0.39, 0.29) is 11.9 Å². The van der Waals surface area contributed by atoms with E-state index in [1.807, 2.05) is 13.0 Å². The van der Waals surface area contributed by atoms with E-state index in [4.69, 9.17) is 27.9 Å². The molecule has 1 atom stereocenters. The Morgan fingerprint density at radius 3 is 2.83 bits per heavy atom. The molecule has 0 aliphatic carbocycles. The van der Waals surface area contributed by atoms with Gasteiger partial charge in [-0.3, -0.25) is 4.79 Å². The van der Waals surface area contributed by atoms with Gasteiger partial charge < -0.3 is 10.1 Å². The van der Waals surface area contributed by atoms with Gasteiger partial charge in [0.05, 0.1) is 0 Å². The van der Waals surface area contributed by atoms with Crippen molar-refractivity contribution in [2.24, 2.45) is 0 Å². The molecule has 0 spiro atoms. The molecule has 5 heteroatoms. The van der Waals surface area contributed by atoms with Crippen LogP contribution in [0, 0.1) is 6.92 Å². The van der Waals surface area contributed by atoms with Gasteiger partial charge in [-0.05, 0) is 31.0 Å². The van der Waals surface area contributed by atoms with Gasteiger partial charge in [0, 0.05) is 36.2 Å². The first-order valence-corrected chi connectivity index (χ1v) is 6.61. The highest BCUT2D eigenvalue weighted by Gasteiger charge is 2.14. The summed E-state index contributed by atoms with van der Waals surface area (Å²) in [5.74, 6) is 0.200. The SMILES string of the molecule is COCCC(CCl)NC(=O)c1cc(Cl)ccc1C. The van der Waals surface area contributed by atoms with Gasteiger partial charge in [0.1, 0.15) is 0 Å². The number of methoxy groups -OCH3 is 1. The molecule has 0 aliphatic rings. The number of nitrogens with one attached hydrogen (secondary N) is 1. The van der Waals surface area contributed by atoms with Crippen LogP contribution in [-0.2, 0) is 4.74 Å². The Kier molecular flexibility index (Phi) is 6.47. The quantitative estimate of drug-likeness (QED) is 0.818. The lowest BCUT2D eigenvalue weighted by molar-refractivity contribution is 0.0929. The zero-order valence-corrected chi connectivity index (χ0v) is 12.0. The Morgan fingerprint density at radius 1 is 1.50 bits per heavy atom. The number of benzene rings is 1. The monoisotopic (exact) mass is 289 g/mol. The van der Waals surface area contributed by atoms with E-state index in [2.05, 4.69) is 5.32 Å². The van der Waals surface area contributed by atoms with E-state index in [0.29, 0.717) is 29.5 Å². The molecule has 1 N–H and O–H groups in total. The maximum atomic E-state index is 12.1. The van der Waals surface area contributed by atoms with Crippen LogP contribution in [0.2, 0.25) is 5.02 Å². The number of rotatable bonds is 6. The normalized spacial score (nSPS) is 12.2. The first-order chi connectivity index (χ1) is 8.58. The summed E-state index contributed by atoms with van der Waals surface area (Å²) in [5.41, 5.74) is 1.46. The van der Waals surface area contributed by atoms with Crippen molar-refractivity contribution in [2.45, 2.75) is 19.4 Å². The molecule has 1 unspecified atom stereocenters. The van der Waals surface area contributed by atoms with Crippen molar-refractivity contribution in [3.05, 3.63) is 34.3 Å². The van der Waals surface area contributed by atoms with Gasteiger partial charge in [0.2, 0.25) is 0 Å². The summed E-state index contributed by atoms with van der Waals surface area (Å²) in [5, 5.41) is 3.42. The molecule has 0 saturated carbocycles. The van der Waals surface area contributed by atoms with Crippen LogP contribution < -0.4 is 5.32 Å². The van der Waals surface area contributed by atoms with Crippen molar-refractivity contribution < 1.29 is 9.53 Å². The fourth-order valence-corrected chi connectivity index (χ4v) is 1.95. The average Bonchev–Trinajstić information content (AvgIpc) is 2.37. The second-order valence-electron chi connectivity index (χ2n) is 4.07. The minimum atomic E-state index is -0.156. The number of ether oxygens (including phenoxy) is 1. The first kappa shape index (κ1) is 15.3. The molecule has 0 heterocycles. The summed E-state index contributed by atoms with van der Waals surface area (Å²) in [7, 11) is 1.62. The lowest BCUT2D eigenvalue weighted by Gasteiger charge is -2.16. The van der Waals surface area contributed by atoms with Gasteiger partial charge in [-0.1, -0.05) is 17.7 Å². The largest absolute Gasteiger partial charge is 0.385 e. The van der Waals surface area contributed by atoms with Crippen molar-refractivity contribution in [3.63, 3.8) is 0 Å². The van der Waals surface area contributed by atoms with Crippen molar-refractivity contribution >= 4 is 29.1 Å². The second-order valence-corrected chi connectivity index (χ2v) is 4.81. The summed E-state index contributed by atoms with van der Waals surface area (Å²) in [6, 6.07) is 5.14. The number of aryl methyl sites for hydroxylation is 1. The lowest BCUT2D eigenvalue weighted by Crippen LogP contribution is -2.37. The third kappa shape index (κ3) is 4.48. The third-order valence-electron chi connectivity index (χ3n) is 2.64. The number of halogens is 2. The van der Waals surface area contributed by atoms with Crippen molar-refractivity contribution in [3.8, 4) is 0 Å². The smallest absolute Gasteiger partial charge is 0.251 e. The minimum absolute atomic E-state index is 0.0995. The summed E-state index contributed by atoms with van der Waals surface area (Å²) < 4.78 is 4.97. The fourth-order valence-electron chi connectivity index (χ4n) is 1.55. The van der Waals surface area contributed by atoms with Crippen LogP contribution >= 0.6 is 23.2 Å². The highest BCUT2D eigenvalue weighted by molar-refractivity contribution is 6.31. The highest BCUT2D eigenvalue weighted by atomic mass is 35.5. The molecule has 0 bridgehead atoms. The molecular formula is C13H17Cl2NO2. The van der Waals surface area contributed by atoms with Crippen molar-refractivity contribution in [1.82, 2.24) is 5.32 Å². The van der Waals surface area contributed by atoms with E-state index < -0.39 is 0 Å². The van der Waals surface area contributed by atoms with Gasteiger partial charge in [0.25, 0.3) is 5.91 Å². The molecule has 100 valence electrons. The van der Waals surface area contributed by atoms with Gasteiger partial charge in [0.15, 0.2) is 0 Å². The Bertz CT molecular complexity index is 410. The van der Waals surface area contributed by atoms with Crippen LogP contribution in [0.3, 0.4) is 0 Å². The van der Waals surface area contributed by atoms with Crippen molar-refractivity contribution in [1.29, 1.82) is 0 Å². The van der Waals surface area contributed by atoms with Crippen LogP contribution in [0.15, 0.2) is 18.2 Å². The van der Waals surface area contributed by atoms with Crippen LogP contribution in [-0.4, -0.2) is 31.5 Å². The molecule has 0 aliphatic heterocycles. The summed E-state index contributed by atoms with van der Waals surface area (Å²) in [4.78, 5) is 12.1. The van der Waals surface area contributed by atoms with Gasteiger partial charge in [-0.15, -0.1) is 11.6 Å². The Morgan fingerprint density at radius 2 is 2.22 bits per heavy atom. The number of hydrogen-bond acceptors (Lipinski definition) is 2. The number of hydrogen-bond donors (Lipinski definition) is 1. The van der Waals surface area contributed by atoms with E-state index in [1.54, 1.807) is 19.2 Å². The number of carbonyl (C=O) groups is 1. The number of carbonyl (C=O) groups excluding carboxylic acids is 1. The van der Waals surface area contributed by atoms with E-state index in [9.17, 15) is 4.79 Å².